The Morgan fingerprint density at radius 1 is 0.921 bits per heavy atom. The van der Waals surface area contributed by atoms with Crippen LogP contribution < -0.4 is 9.62 Å². The number of rotatable bonds is 10. The monoisotopic (exact) mass is 595 g/mol. The summed E-state index contributed by atoms with van der Waals surface area (Å²) in [5.41, 5.74) is 1.65. The summed E-state index contributed by atoms with van der Waals surface area (Å²) >= 11 is 18.6. The SMILES string of the molecule is CC[C@H](C(=O)NC)N(Cc1ccc(Cl)c(Cl)c1)C(=O)CN(c1ccccc1Cl)S(=O)(=O)c1ccc(C)cc1. The Morgan fingerprint density at radius 3 is 2.16 bits per heavy atom. The predicted octanol–water partition coefficient (Wildman–Crippen LogP) is 5.70. The van der Waals surface area contributed by atoms with Gasteiger partial charge in [0.15, 0.2) is 0 Å². The molecule has 7 nitrogen and oxygen atoms in total. The summed E-state index contributed by atoms with van der Waals surface area (Å²) in [6.45, 7) is 3.03. The molecule has 0 fully saturated rings. The Hall–Kier alpha value is -2.78. The number of aryl methyl sites for hydroxylation is 1. The Bertz CT molecular complexity index is 1420. The molecule has 0 radical (unpaired) electrons. The number of likely N-dealkylation sites (N-methyl/N-ethyl adjacent to an activating group) is 1. The number of nitrogens with zero attached hydrogens (tertiary/aromatic N) is 2. The summed E-state index contributed by atoms with van der Waals surface area (Å²) in [6.07, 6.45) is 0.295. The van der Waals surface area contributed by atoms with Crippen molar-refractivity contribution < 1.29 is 18.0 Å². The normalized spacial score (nSPS) is 12.1. The summed E-state index contributed by atoms with van der Waals surface area (Å²) in [7, 11) is -2.73. The number of para-hydroxylation sites is 1. The maximum absolute atomic E-state index is 13.9. The van der Waals surface area contributed by atoms with Crippen molar-refractivity contribution in [3.63, 3.8) is 0 Å². The lowest BCUT2D eigenvalue weighted by Crippen LogP contribution is -2.51. The lowest BCUT2D eigenvalue weighted by atomic mass is 10.1. The van der Waals surface area contributed by atoms with Crippen LogP contribution in [0.5, 0.6) is 0 Å². The Balaban J connectivity index is 2.08. The third-order valence-corrected chi connectivity index (χ3v) is 8.81. The fraction of sp³-hybridized carbons (Fsp3) is 0.259. The zero-order valence-electron chi connectivity index (χ0n) is 21.1. The summed E-state index contributed by atoms with van der Waals surface area (Å²) in [5, 5.41) is 3.38. The van der Waals surface area contributed by atoms with E-state index in [1.165, 1.54) is 30.1 Å². The number of nitrogens with one attached hydrogen (secondary N) is 1. The highest BCUT2D eigenvalue weighted by Crippen LogP contribution is 2.31. The molecule has 0 aliphatic rings. The highest BCUT2D eigenvalue weighted by molar-refractivity contribution is 7.92. The lowest BCUT2D eigenvalue weighted by molar-refractivity contribution is -0.140. The number of halogens is 3. The maximum atomic E-state index is 13.9. The largest absolute Gasteiger partial charge is 0.357 e. The van der Waals surface area contributed by atoms with E-state index in [0.29, 0.717) is 22.0 Å². The topological polar surface area (TPSA) is 86.8 Å². The van der Waals surface area contributed by atoms with Gasteiger partial charge >= 0.3 is 0 Å². The average molecular weight is 597 g/mol. The van der Waals surface area contributed by atoms with E-state index in [9.17, 15) is 18.0 Å². The molecule has 1 atom stereocenters. The first-order valence-corrected chi connectivity index (χ1v) is 14.4. The van der Waals surface area contributed by atoms with E-state index in [1.54, 1.807) is 55.5 Å². The van der Waals surface area contributed by atoms with Gasteiger partial charge in [0.25, 0.3) is 10.0 Å². The van der Waals surface area contributed by atoms with E-state index in [-0.39, 0.29) is 28.1 Å². The summed E-state index contributed by atoms with van der Waals surface area (Å²) < 4.78 is 28.6. The molecule has 0 heterocycles. The van der Waals surface area contributed by atoms with Crippen LogP contribution in [0.1, 0.15) is 24.5 Å². The molecule has 3 rings (SSSR count). The van der Waals surface area contributed by atoms with Crippen molar-refractivity contribution in [2.45, 2.75) is 37.8 Å². The standard InChI is InChI=1S/C27H28Cl3N3O4S/c1-4-24(27(35)31-3)32(16-19-11-14-21(28)23(30)15-19)26(34)17-33(25-8-6-5-7-22(25)29)38(36,37)20-12-9-18(2)10-13-20/h5-15,24H,4,16-17H2,1-3H3,(H,31,35)/t24-/m1/s1. The Labute approximate surface area is 238 Å². The molecule has 0 saturated carbocycles. The second-order valence-electron chi connectivity index (χ2n) is 8.58. The van der Waals surface area contributed by atoms with Gasteiger partial charge in [0.1, 0.15) is 12.6 Å². The van der Waals surface area contributed by atoms with Gasteiger partial charge in [-0.2, -0.15) is 0 Å². The van der Waals surface area contributed by atoms with E-state index in [1.807, 2.05) is 6.92 Å². The summed E-state index contributed by atoms with van der Waals surface area (Å²) in [5.74, 6) is -0.978. The maximum Gasteiger partial charge on any atom is 0.264 e. The van der Waals surface area contributed by atoms with Gasteiger partial charge < -0.3 is 10.2 Å². The van der Waals surface area contributed by atoms with Crippen molar-refractivity contribution in [1.29, 1.82) is 0 Å². The molecular weight excluding hydrogens is 569 g/mol. The zero-order chi connectivity index (χ0) is 28.0. The second kappa shape index (κ2) is 12.8. The first-order valence-electron chi connectivity index (χ1n) is 11.8. The first-order chi connectivity index (χ1) is 18.0. The van der Waals surface area contributed by atoms with Crippen LogP contribution in [0.15, 0.2) is 71.6 Å². The number of benzene rings is 3. The van der Waals surface area contributed by atoms with Crippen LogP contribution in [-0.2, 0) is 26.2 Å². The molecule has 3 aromatic rings. The smallest absolute Gasteiger partial charge is 0.264 e. The van der Waals surface area contributed by atoms with E-state index in [2.05, 4.69) is 5.32 Å². The highest BCUT2D eigenvalue weighted by Gasteiger charge is 2.34. The minimum atomic E-state index is -4.20. The van der Waals surface area contributed by atoms with Gasteiger partial charge in [0.05, 0.1) is 25.7 Å². The third-order valence-electron chi connectivity index (χ3n) is 5.98. The first kappa shape index (κ1) is 29.8. The van der Waals surface area contributed by atoms with Crippen LogP contribution in [0.3, 0.4) is 0 Å². The number of sulfonamides is 1. The van der Waals surface area contributed by atoms with Gasteiger partial charge in [-0.3, -0.25) is 13.9 Å². The molecule has 2 amide bonds. The second-order valence-corrected chi connectivity index (χ2v) is 11.7. The van der Waals surface area contributed by atoms with Gasteiger partial charge in [0, 0.05) is 13.6 Å². The highest BCUT2D eigenvalue weighted by atomic mass is 35.5. The number of hydrogen-bond acceptors (Lipinski definition) is 4. The van der Waals surface area contributed by atoms with Gasteiger partial charge in [-0.05, 0) is 55.3 Å². The van der Waals surface area contributed by atoms with Gasteiger partial charge in [-0.15, -0.1) is 0 Å². The molecule has 0 aromatic heterocycles. The molecule has 38 heavy (non-hydrogen) atoms. The van der Waals surface area contributed by atoms with Crippen LogP contribution in [0.4, 0.5) is 5.69 Å². The fourth-order valence-corrected chi connectivity index (χ4v) is 5.97. The Kier molecular flexibility index (Phi) is 10.1. The quantitative estimate of drug-likeness (QED) is 0.325. The summed E-state index contributed by atoms with van der Waals surface area (Å²) in [4.78, 5) is 28.0. The van der Waals surface area contributed by atoms with Crippen LogP contribution in [-0.4, -0.2) is 44.8 Å². The molecule has 0 spiro atoms. The lowest BCUT2D eigenvalue weighted by Gasteiger charge is -2.33. The molecule has 0 saturated heterocycles. The van der Waals surface area contributed by atoms with E-state index < -0.39 is 28.5 Å². The molecular formula is C27H28Cl3N3O4S. The molecule has 0 aliphatic carbocycles. The number of carbonyl (C=O) groups is 2. The molecule has 0 unspecified atom stereocenters. The summed E-state index contributed by atoms with van der Waals surface area (Å²) in [6, 6.07) is 16.7. The minimum Gasteiger partial charge on any atom is -0.357 e. The molecule has 0 bridgehead atoms. The third kappa shape index (κ3) is 6.80. The van der Waals surface area contributed by atoms with Crippen LogP contribution >= 0.6 is 34.8 Å². The molecule has 1 N–H and O–H groups in total. The van der Waals surface area contributed by atoms with Crippen molar-refractivity contribution in [2.75, 3.05) is 17.9 Å². The minimum absolute atomic E-state index is 0.00257. The van der Waals surface area contributed by atoms with E-state index >= 15 is 0 Å². The number of carbonyl (C=O) groups excluding carboxylic acids is 2. The number of anilines is 1. The molecule has 11 heteroatoms. The number of amides is 2. The van der Waals surface area contributed by atoms with Crippen molar-refractivity contribution in [3.05, 3.63) is 92.9 Å². The van der Waals surface area contributed by atoms with Crippen LogP contribution in [0.25, 0.3) is 0 Å². The van der Waals surface area contributed by atoms with Gasteiger partial charge in [0.2, 0.25) is 11.8 Å². The Morgan fingerprint density at radius 2 is 1.58 bits per heavy atom. The predicted molar refractivity (Wildman–Crippen MR) is 152 cm³/mol. The van der Waals surface area contributed by atoms with Crippen molar-refractivity contribution in [3.8, 4) is 0 Å². The van der Waals surface area contributed by atoms with Crippen molar-refractivity contribution in [2.24, 2.45) is 0 Å². The van der Waals surface area contributed by atoms with Crippen LogP contribution in [0, 0.1) is 6.92 Å². The van der Waals surface area contributed by atoms with Gasteiger partial charge in [-0.1, -0.05) is 77.6 Å². The van der Waals surface area contributed by atoms with Gasteiger partial charge in [-0.25, -0.2) is 8.42 Å². The molecule has 3 aromatic carbocycles. The van der Waals surface area contributed by atoms with Crippen molar-refractivity contribution in [1.82, 2.24) is 10.2 Å². The van der Waals surface area contributed by atoms with E-state index in [4.69, 9.17) is 34.8 Å². The average Bonchev–Trinajstić information content (AvgIpc) is 2.89. The van der Waals surface area contributed by atoms with Crippen LogP contribution in [0.2, 0.25) is 15.1 Å². The zero-order valence-corrected chi connectivity index (χ0v) is 24.2. The molecule has 202 valence electrons. The van der Waals surface area contributed by atoms with Crippen molar-refractivity contribution >= 4 is 62.3 Å². The molecule has 0 aliphatic heterocycles. The van der Waals surface area contributed by atoms with E-state index in [0.717, 1.165) is 9.87 Å². The fourth-order valence-electron chi connectivity index (χ4n) is 3.93. The number of hydrogen-bond donors (Lipinski definition) is 1.